The van der Waals surface area contributed by atoms with E-state index in [1.165, 1.54) is 19.3 Å². The largest absolute Gasteiger partial charge is 0.619 e. The van der Waals surface area contributed by atoms with E-state index in [-0.39, 0.29) is 17.7 Å². The number of hydrogen-bond acceptors (Lipinski definition) is 5. The second kappa shape index (κ2) is 5.59. The lowest BCUT2D eigenvalue weighted by Gasteiger charge is -1.98. The maximum Gasteiger partial charge on any atom is 0.309 e. The van der Waals surface area contributed by atoms with Gasteiger partial charge in [0.1, 0.15) is 5.56 Å². The zero-order chi connectivity index (χ0) is 12.8. The molecule has 0 aliphatic carbocycles. The van der Waals surface area contributed by atoms with E-state index < -0.39 is 10.9 Å². The number of ether oxygens (including phenoxy) is 1. The first kappa shape index (κ1) is 12.6. The summed E-state index contributed by atoms with van der Waals surface area (Å²) < 4.78 is 4.85. The van der Waals surface area contributed by atoms with Crippen molar-refractivity contribution in [1.29, 1.82) is 0 Å². The van der Waals surface area contributed by atoms with Gasteiger partial charge in [0.05, 0.1) is 24.5 Å². The number of pyridine rings is 1. The van der Waals surface area contributed by atoms with Crippen molar-refractivity contribution in [3.8, 4) is 0 Å². The Labute approximate surface area is 96.7 Å². The Morgan fingerprint density at radius 3 is 2.94 bits per heavy atom. The van der Waals surface area contributed by atoms with Gasteiger partial charge in [-0.25, -0.2) is 0 Å². The van der Waals surface area contributed by atoms with Crippen molar-refractivity contribution in [2.24, 2.45) is 0 Å². The van der Waals surface area contributed by atoms with Crippen molar-refractivity contribution in [1.82, 2.24) is 0 Å². The minimum atomic E-state index is -0.599. The molecule has 7 nitrogen and oxygen atoms in total. The first-order valence-electron chi connectivity index (χ1n) is 4.65. The molecular weight excluding hydrogens is 228 g/mol. The van der Waals surface area contributed by atoms with Gasteiger partial charge >= 0.3 is 5.97 Å². The molecule has 0 bridgehead atoms. The van der Waals surface area contributed by atoms with Crippen LogP contribution in [0.15, 0.2) is 24.5 Å². The molecule has 0 aromatic carbocycles. The Morgan fingerprint density at radius 1 is 1.65 bits per heavy atom. The van der Waals surface area contributed by atoms with Crippen LogP contribution in [0.1, 0.15) is 12.0 Å². The molecule has 17 heavy (non-hydrogen) atoms. The molecule has 0 unspecified atom stereocenters. The van der Waals surface area contributed by atoms with E-state index in [0.29, 0.717) is 4.73 Å². The highest BCUT2D eigenvalue weighted by Crippen LogP contribution is 2.17. The van der Waals surface area contributed by atoms with E-state index in [9.17, 15) is 20.1 Å². The molecule has 0 aliphatic rings. The average molecular weight is 238 g/mol. The normalized spacial score (nSPS) is 10.4. The molecular formula is C10H10N2O5. The molecule has 0 amide bonds. The highest BCUT2D eigenvalue weighted by molar-refractivity contribution is 5.73. The van der Waals surface area contributed by atoms with Crippen LogP contribution in [0.5, 0.6) is 0 Å². The smallest absolute Gasteiger partial charge is 0.309 e. The lowest BCUT2D eigenvalue weighted by Crippen LogP contribution is -2.24. The molecule has 0 N–H and O–H groups in total. The number of nitro groups is 1. The fourth-order valence-electron chi connectivity index (χ4n) is 1.15. The number of nitrogens with zero attached hydrogens (tertiary/aromatic N) is 2. The summed E-state index contributed by atoms with van der Waals surface area (Å²) in [4.78, 5) is 20.9. The first-order valence-corrected chi connectivity index (χ1v) is 4.65. The van der Waals surface area contributed by atoms with Gasteiger partial charge in [-0.15, -0.1) is 0 Å². The second-order valence-corrected chi connectivity index (χ2v) is 3.09. The van der Waals surface area contributed by atoms with E-state index in [4.69, 9.17) is 0 Å². The van der Waals surface area contributed by atoms with Crippen molar-refractivity contribution in [3.63, 3.8) is 0 Å². The molecule has 0 saturated heterocycles. The number of rotatable bonds is 4. The third kappa shape index (κ3) is 3.56. The Balaban J connectivity index is 2.92. The molecule has 0 spiro atoms. The van der Waals surface area contributed by atoms with E-state index in [0.717, 1.165) is 18.5 Å². The van der Waals surface area contributed by atoms with E-state index >= 15 is 0 Å². The molecule has 1 aromatic heterocycles. The van der Waals surface area contributed by atoms with Crippen LogP contribution in [0, 0.1) is 15.3 Å². The summed E-state index contributed by atoms with van der Waals surface area (Å²) in [5.74, 6) is -0.463. The van der Waals surface area contributed by atoms with Crippen LogP contribution in [0.2, 0.25) is 0 Å². The highest BCUT2D eigenvalue weighted by atomic mass is 16.6. The maximum atomic E-state index is 11.0. The van der Waals surface area contributed by atoms with E-state index in [1.54, 1.807) is 0 Å². The van der Waals surface area contributed by atoms with Crippen molar-refractivity contribution in [2.45, 2.75) is 6.42 Å². The average Bonchev–Trinajstić information content (AvgIpc) is 2.28. The third-order valence-corrected chi connectivity index (χ3v) is 1.95. The predicted molar refractivity (Wildman–Crippen MR) is 57.7 cm³/mol. The van der Waals surface area contributed by atoms with Gasteiger partial charge in [-0.1, -0.05) is 6.08 Å². The van der Waals surface area contributed by atoms with Crippen LogP contribution in [0.3, 0.4) is 0 Å². The summed E-state index contributed by atoms with van der Waals surface area (Å²) in [5.41, 5.74) is -0.0605. The predicted octanol–water partition coefficient (Wildman–Crippen LogP) is 0.804. The van der Waals surface area contributed by atoms with Gasteiger partial charge in [0.15, 0.2) is 12.4 Å². The van der Waals surface area contributed by atoms with Gasteiger partial charge in [-0.05, 0) is 6.08 Å². The standard InChI is InChI=1S/C10H10N2O5/c1-17-10(13)4-2-3-8-7-11(14)6-5-9(8)12(15)16/h2-3,5-7H,4H2,1H3. The van der Waals surface area contributed by atoms with Crippen molar-refractivity contribution >= 4 is 17.7 Å². The topological polar surface area (TPSA) is 96.4 Å². The van der Waals surface area contributed by atoms with Crippen LogP contribution in [0.25, 0.3) is 6.08 Å². The van der Waals surface area contributed by atoms with Gasteiger partial charge in [0, 0.05) is 0 Å². The summed E-state index contributed by atoms with van der Waals surface area (Å²) in [6.45, 7) is 0. The molecule has 0 radical (unpaired) electrons. The summed E-state index contributed by atoms with van der Waals surface area (Å²) in [7, 11) is 1.24. The Bertz CT molecular complexity index is 470. The highest BCUT2D eigenvalue weighted by Gasteiger charge is 2.14. The van der Waals surface area contributed by atoms with Gasteiger partial charge in [-0.3, -0.25) is 14.9 Å². The summed E-state index contributed by atoms with van der Waals surface area (Å²) in [6, 6.07) is 1.10. The third-order valence-electron chi connectivity index (χ3n) is 1.95. The monoisotopic (exact) mass is 238 g/mol. The van der Waals surface area contributed by atoms with E-state index in [1.807, 2.05) is 0 Å². The van der Waals surface area contributed by atoms with E-state index in [2.05, 4.69) is 4.74 Å². The fourth-order valence-corrected chi connectivity index (χ4v) is 1.15. The van der Waals surface area contributed by atoms with Crippen LogP contribution >= 0.6 is 0 Å². The summed E-state index contributed by atoms with van der Waals surface area (Å²) in [6.07, 6.45) is 4.82. The Morgan fingerprint density at radius 2 is 2.35 bits per heavy atom. The number of carbonyl (C=O) groups is 1. The summed E-state index contributed by atoms with van der Waals surface area (Å²) in [5, 5.41) is 21.6. The lowest BCUT2D eigenvalue weighted by atomic mass is 10.2. The van der Waals surface area contributed by atoms with Crippen LogP contribution in [-0.4, -0.2) is 18.0 Å². The number of carbonyl (C=O) groups excluding carboxylic acids is 1. The lowest BCUT2D eigenvalue weighted by molar-refractivity contribution is -0.606. The summed E-state index contributed by atoms with van der Waals surface area (Å²) >= 11 is 0. The molecule has 0 saturated carbocycles. The van der Waals surface area contributed by atoms with Gasteiger partial charge in [0.25, 0.3) is 5.69 Å². The molecule has 90 valence electrons. The Kier molecular flexibility index (Phi) is 4.15. The number of methoxy groups -OCH3 is 1. The number of esters is 1. The van der Waals surface area contributed by atoms with Crippen LogP contribution < -0.4 is 4.73 Å². The molecule has 1 aromatic rings. The zero-order valence-corrected chi connectivity index (χ0v) is 9.03. The minimum Gasteiger partial charge on any atom is -0.619 e. The molecule has 1 heterocycles. The van der Waals surface area contributed by atoms with Gasteiger partial charge < -0.3 is 9.94 Å². The molecule has 7 heteroatoms. The number of aromatic nitrogens is 1. The van der Waals surface area contributed by atoms with Crippen molar-refractivity contribution in [3.05, 3.63) is 45.4 Å². The first-order chi connectivity index (χ1) is 8.04. The molecule has 0 aliphatic heterocycles. The quantitative estimate of drug-likeness (QED) is 0.254. The van der Waals surface area contributed by atoms with Crippen molar-refractivity contribution < 1.29 is 19.2 Å². The van der Waals surface area contributed by atoms with Crippen LogP contribution in [0.4, 0.5) is 5.69 Å². The second-order valence-electron chi connectivity index (χ2n) is 3.09. The minimum absolute atomic E-state index is 0.0125. The van der Waals surface area contributed by atoms with Gasteiger partial charge in [0.2, 0.25) is 0 Å². The molecule has 0 atom stereocenters. The van der Waals surface area contributed by atoms with Gasteiger partial charge in [-0.2, -0.15) is 4.73 Å². The number of hydrogen-bond donors (Lipinski definition) is 0. The van der Waals surface area contributed by atoms with Crippen LogP contribution in [-0.2, 0) is 9.53 Å². The SMILES string of the molecule is COC(=O)CC=Cc1c[n+]([O-])ccc1[N+](=O)[O-]. The molecule has 0 fully saturated rings. The Hall–Kier alpha value is -2.44. The fraction of sp³-hybridized carbons (Fsp3) is 0.200. The van der Waals surface area contributed by atoms with Crippen molar-refractivity contribution in [2.75, 3.05) is 7.11 Å². The zero-order valence-electron chi connectivity index (χ0n) is 9.03. The maximum absolute atomic E-state index is 11.0. The molecule has 1 rings (SSSR count).